The molecule has 4 rings (SSSR count). The maximum absolute atomic E-state index is 12.7. The van der Waals surface area contributed by atoms with E-state index < -0.39 is 11.2 Å². The standard InChI is InChI=1S/C23H25ClN4O3/c24-19-7-3-2-6-17(19)15-28-20-14-16(8-9-18(20)22(30)26-23(28)31)21(29)25-10-13-27-11-4-1-5-12-27/h2-3,6-9,14H,1,4-5,10-13,15H2,(H,25,29)(H,26,30,31). The van der Waals surface area contributed by atoms with E-state index in [2.05, 4.69) is 15.2 Å². The molecule has 1 saturated heterocycles. The van der Waals surface area contributed by atoms with Crippen molar-refractivity contribution in [1.29, 1.82) is 0 Å². The second-order valence-corrected chi connectivity index (χ2v) is 8.23. The van der Waals surface area contributed by atoms with Crippen LogP contribution in [-0.2, 0) is 6.54 Å². The fraction of sp³-hybridized carbons (Fsp3) is 0.348. The molecule has 1 amide bonds. The van der Waals surface area contributed by atoms with Gasteiger partial charge in [-0.05, 0) is 55.8 Å². The van der Waals surface area contributed by atoms with Crippen molar-refractivity contribution in [2.45, 2.75) is 25.8 Å². The van der Waals surface area contributed by atoms with Crippen molar-refractivity contribution in [2.24, 2.45) is 0 Å². The van der Waals surface area contributed by atoms with E-state index in [9.17, 15) is 14.4 Å². The number of likely N-dealkylation sites (tertiary alicyclic amines) is 1. The highest BCUT2D eigenvalue weighted by atomic mass is 35.5. The highest BCUT2D eigenvalue weighted by Crippen LogP contribution is 2.18. The van der Waals surface area contributed by atoms with Crippen LogP contribution in [0.3, 0.4) is 0 Å². The topological polar surface area (TPSA) is 87.2 Å². The SMILES string of the molecule is O=C(NCCN1CCCCC1)c1ccc2c(=O)[nH]c(=O)n(Cc3ccccc3Cl)c2c1. The van der Waals surface area contributed by atoms with E-state index in [1.165, 1.54) is 23.8 Å². The van der Waals surface area contributed by atoms with E-state index in [-0.39, 0.29) is 12.5 Å². The van der Waals surface area contributed by atoms with Gasteiger partial charge in [0.2, 0.25) is 0 Å². The Balaban J connectivity index is 1.59. The molecule has 1 aromatic heterocycles. The Hall–Kier alpha value is -2.90. The predicted molar refractivity (Wildman–Crippen MR) is 122 cm³/mol. The number of rotatable bonds is 6. The number of carbonyl (C=O) groups excluding carboxylic acids is 1. The van der Waals surface area contributed by atoms with Gasteiger partial charge in [0.25, 0.3) is 11.5 Å². The minimum Gasteiger partial charge on any atom is -0.351 e. The van der Waals surface area contributed by atoms with E-state index in [1.54, 1.807) is 24.3 Å². The first-order chi connectivity index (χ1) is 15.0. The van der Waals surface area contributed by atoms with Crippen molar-refractivity contribution in [3.8, 4) is 0 Å². The lowest BCUT2D eigenvalue weighted by molar-refractivity contribution is 0.0946. The summed E-state index contributed by atoms with van der Waals surface area (Å²) in [5.74, 6) is -0.226. The molecule has 8 heteroatoms. The molecule has 0 bridgehead atoms. The van der Waals surface area contributed by atoms with E-state index >= 15 is 0 Å². The molecule has 3 aromatic rings. The van der Waals surface area contributed by atoms with Crippen LogP contribution in [0.2, 0.25) is 5.02 Å². The molecular formula is C23H25ClN4O3. The lowest BCUT2D eigenvalue weighted by Gasteiger charge is -2.26. The van der Waals surface area contributed by atoms with Crippen LogP contribution in [0.1, 0.15) is 35.2 Å². The van der Waals surface area contributed by atoms with Crippen molar-refractivity contribution in [3.05, 3.63) is 79.5 Å². The van der Waals surface area contributed by atoms with E-state index in [1.807, 2.05) is 18.2 Å². The summed E-state index contributed by atoms with van der Waals surface area (Å²) in [7, 11) is 0. The van der Waals surface area contributed by atoms with Gasteiger partial charge in [-0.2, -0.15) is 0 Å². The molecule has 7 nitrogen and oxygen atoms in total. The van der Waals surface area contributed by atoms with Crippen LogP contribution in [0.5, 0.6) is 0 Å². The minimum atomic E-state index is -0.542. The summed E-state index contributed by atoms with van der Waals surface area (Å²) >= 11 is 6.26. The third-order valence-electron chi connectivity index (χ3n) is 5.71. The lowest BCUT2D eigenvalue weighted by Crippen LogP contribution is -2.37. The normalized spacial score (nSPS) is 14.6. The van der Waals surface area contributed by atoms with Gasteiger partial charge in [-0.3, -0.25) is 19.1 Å². The van der Waals surface area contributed by atoms with Crippen LogP contribution in [0.4, 0.5) is 0 Å². The van der Waals surface area contributed by atoms with Crippen LogP contribution in [0.25, 0.3) is 10.9 Å². The zero-order valence-electron chi connectivity index (χ0n) is 17.2. The molecule has 1 aliphatic rings. The Labute approximate surface area is 184 Å². The largest absolute Gasteiger partial charge is 0.351 e. The van der Waals surface area contributed by atoms with Crippen molar-refractivity contribution in [1.82, 2.24) is 19.8 Å². The summed E-state index contributed by atoms with van der Waals surface area (Å²) in [5.41, 5.74) is 0.532. The van der Waals surface area contributed by atoms with Crippen LogP contribution in [0, 0.1) is 0 Å². The van der Waals surface area contributed by atoms with Gasteiger partial charge in [0.1, 0.15) is 0 Å². The number of nitrogens with one attached hydrogen (secondary N) is 2. The number of hydrogen-bond donors (Lipinski definition) is 2. The Morgan fingerprint density at radius 3 is 2.61 bits per heavy atom. The second-order valence-electron chi connectivity index (χ2n) is 7.83. The fourth-order valence-corrected chi connectivity index (χ4v) is 4.19. The Morgan fingerprint density at radius 1 is 1.06 bits per heavy atom. The first-order valence-electron chi connectivity index (χ1n) is 10.5. The quantitative estimate of drug-likeness (QED) is 0.616. The van der Waals surface area contributed by atoms with E-state index in [0.717, 1.165) is 25.2 Å². The minimum absolute atomic E-state index is 0.186. The molecule has 0 saturated carbocycles. The molecule has 1 fully saturated rings. The third-order valence-corrected chi connectivity index (χ3v) is 6.08. The van der Waals surface area contributed by atoms with Gasteiger partial charge in [0.15, 0.2) is 0 Å². The summed E-state index contributed by atoms with van der Waals surface area (Å²) in [6.45, 7) is 3.70. The number of benzene rings is 2. The van der Waals surface area contributed by atoms with Crippen molar-refractivity contribution in [2.75, 3.05) is 26.2 Å². The number of piperidine rings is 1. The average Bonchev–Trinajstić information content (AvgIpc) is 2.78. The molecule has 2 heterocycles. The van der Waals surface area contributed by atoms with Gasteiger partial charge in [0.05, 0.1) is 17.4 Å². The molecule has 31 heavy (non-hydrogen) atoms. The second kappa shape index (κ2) is 9.49. The van der Waals surface area contributed by atoms with Gasteiger partial charge in [-0.15, -0.1) is 0 Å². The number of carbonyl (C=O) groups is 1. The number of halogens is 1. The molecule has 2 N–H and O–H groups in total. The van der Waals surface area contributed by atoms with Crippen LogP contribution in [0.15, 0.2) is 52.1 Å². The fourth-order valence-electron chi connectivity index (χ4n) is 4.00. The number of H-pyrrole nitrogens is 1. The summed E-state index contributed by atoms with van der Waals surface area (Å²) in [4.78, 5) is 42.2. The Kier molecular flexibility index (Phi) is 6.53. The molecular weight excluding hydrogens is 416 g/mol. The van der Waals surface area contributed by atoms with Crippen LogP contribution in [-0.4, -0.2) is 46.5 Å². The Morgan fingerprint density at radius 2 is 1.84 bits per heavy atom. The van der Waals surface area contributed by atoms with Gasteiger partial charge in [-0.25, -0.2) is 4.79 Å². The van der Waals surface area contributed by atoms with Crippen LogP contribution < -0.4 is 16.6 Å². The maximum atomic E-state index is 12.7. The summed E-state index contributed by atoms with van der Waals surface area (Å²) in [5, 5.41) is 3.82. The van der Waals surface area contributed by atoms with Crippen molar-refractivity contribution in [3.63, 3.8) is 0 Å². The zero-order chi connectivity index (χ0) is 21.8. The molecule has 0 aliphatic carbocycles. The van der Waals surface area contributed by atoms with E-state index in [0.29, 0.717) is 28.0 Å². The highest BCUT2D eigenvalue weighted by Gasteiger charge is 2.14. The zero-order valence-corrected chi connectivity index (χ0v) is 18.0. The lowest BCUT2D eigenvalue weighted by atomic mass is 10.1. The molecule has 2 aromatic carbocycles. The number of aromatic amines is 1. The number of hydrogen-bond acceptors (Lipinski definition) is 4. The average molecular weight is 441 g/mol. The highest BCUT2D eigenvalue weighted by molar-refractivity contribution is 6.31. The number of aromatic nitrogens is 2. The summed E-state index contributed by atoms with van der Waals surface area (Å²) in [6.07, 6.45) is 3.68. The van der Waals surface area contributed by atoms with Crippen molar-refractivity contribution < 1.29 is 4.79 Å². The molecule has 162 valence electrons. The van der Waals surface area contributed by atoms with Gasteiger partial charge >= 0.3 is 5.69 Å². The molecule has 0 unspecified atom stereocenters. The smallest absolute Gasteiger partial charge is 0.329 e. The first kappa shape index (κ1) is 21.3. The van der Waals surface area contributed by atoms with Crippen molar-refractivity contribution >= 4 is 28.4 Å². The Bertz CT molecular complexity index is 1210. The van der Waals surface area contributed by atoms with Crippen LogP contribution >= 0.6 is 11.6 Å². The maximum Gasteiger partial charge on any atom is 0.329 e. The number of amides is 1. The summed E-state index contributed by atoms with van der Waals surface area (Å²) in [6, 6.07) is 12.0. The number of nitrogens with zero attached hydrogens (tertiary/aromatic N) is 2. The van der Waals surface area contributed by atoms with Gasteiger partial charge in [0, 0.05) is 23.7 Å². The van der Waals surface area contributed by atoms with Gasteiger partial charge in [-0.1, -0.05) is 36.2 Å². The molecule has 0 atom stereocenters. The summed E-state index contributed by atoms with van der Waals surface area (Å²) < 4.78 is 1.43. The third kappa shape index (κ3) is 4.89. The molecule has 0 spiro atoms. The monoisotopic (exact) mass is 440 g/mol. The molecule has 1 aliphatic heterocycles. The first-order valence-corrected chi connectivity index (χ1v) is 10.9. The molecule has 0 radical (unpaired) electrons. The van der Waals surface area contributed by atoms with Gasteiger partial charge < -0.3 is 10.2 Å². The predicted octanol–water partition coefficient (Wildman–Crippen LogP) is 2.61. The number of fused-ring (bicyclic) bond motifs is 1. The van der Waals surface area contributed by atoms with E-state index in [4.69, 9.17) is 11.6 Å².